The zero-order valence-corrected chi connectivity index (χ0v) is 15.9. The number of nitrogen functional groups attached to an aromatic ring is 1. The predicted octanol–water partition coefficient (Wildman–Crippen LogP) is 3.16. The van der Waals surface area contributed by atoms with Crippen LogP contribution in [0.3, 0.4) is 0 Å². The largest absolute Gasteiger partial charge is 0.378 e. The second-order valence-corrected chi connectivity index (χ2v) is 7.38. The number of hydrogen-bond acceptors (Lipinski definition) is 7. The smallest absolute Gasteiger partial charge is 0.332 e. The molecular weight excluding hydrogens is 382 g/mol. The van der Waals surface area contributed by atoms with Gasteiger partial charge in [-0.05, 0) is 56.6 Å². The van der Waals surface area contributed by atoms with Crippen LogP contribution in [0, 0.1) is 33.6 Å². The lowest BCUT2D eigenvalue weighted by Crippen LogP contribution is -2.23. The van der Waals surface area contributed by atoms with Gasteiger partial charge >= 0.3 is 5.69 Å². The summed E-state index contributed by atoms with van der Waals surface area (Å²) in [5.41, 5.74) is 11.6. The van der Waals surface area contributed by atoms with E-state index in [4.69, 9.17) is 11.5 Å². The van der Waals surface area contributed by atoms with Crippen LogP contribution in [-0.2, 0) is 13.0 Å². The fourth-order valence-electron chi connectivity index (χ4n) is 3.74. The molecule has 5 N–H and O–H groups in total. The molecule has 0 unspecified atom stereocenters. The molecule has 0 radical (unpaired) electrons. The summed E-state index contributed by atoms with van der Waals surface area (Å²) in [6, 6.07) is 3.84. The lowest BCUT2D eigenvalue weighted by Gasteiger charge is -2.27. The van der Waals surface area contributed by atoms with Gasteiger partial charge in [0, 0.05) is 12.1 Å². The molecule has 1 saturated carbocycles. The fraction of sp³-hybridized carbons (Fsp3) is 0.474. The van der Waals surface area contributed by atoms with Gasteiger partial charge in [0.2, 0.25) is 11.8 Å². The van der Waals surface area contributed by atoms with E-state index in [1.165, 1.54) is 12.1 Å². The van der Waals surface area contributed by atoms with Crippen molar-refractivity contribution in [3.05, 3.63) is 51.2 Å². The average molecular weight is 406 g/mol. The monoisotopic (exact) mass is 406 g/mol. The molecule has 10 heteroatoms. The van der Waals surface area contributed by atoms with Crippen molar-refractivity contribution in [1.82, 2.24) is 9.97 Å². The Bertz CT molecular complexity index is 887. The number of aromatic nitrogens is 2. The molecule has 2 aromatic rings. The fourth-order valence-corrected chi connectivity index (χ4v) is 3.74. The molecule has 0 atom stereocenters. The first-order chi connectivity index (χ1) is 13.9. The lowest BCUT2D eigenvalue weighted by atomic mass is 9.80. The maximum Gasteiger partial charge on any atom is 0.332 e. The SMILES string of the molecule is NCC1CCC(Cc2nc(NCc3cccc(F)c3F)nc(N)c2[N+](=O)[O-])CC1. The predicted molar refractivity (Wildman–Crippen MR) is 105 cm³/mol. The Morgan fingerprint density at radius 3 is 2.52 bits per heavy atom. The van der Waals surface area contributed by atoms with Gasteiger partial charge in [-0.3, -0.25) is 10.1 Å². The molecule has 1 aliphatic carbocycles. The number of hydrogen-bond donors (Lipinski definition) is 3. The van der Waals surface area contributed by atoms with Gasteiger partial charge in [-0.1, -0.05) is 12.1 Å². The van der Waals surface area contributed by atoms with Gasteiger partial charge in [-0.25, -0.2) is 13.8 Å². The molecule has 1 aliphatic rings. The maximum absolute atomic E-state index is 13.8. The summed E-state index contributed by atoms with van der Waals surface area (Å²) >= 11 is 0. The first-order valence-corrected chi connectivity index (χ1v) is 9.56. The van der Waals surface area contributed by atoms with Crippen molar-refractivity contribution < 1.29 is 13.7 Å². The van der Waals surface area contributed by atoms with Gasteiger partial charge in [0.05, 0.1) is 4.92 Å². The van der Waals surface area contributed by atoms with E-state index in [1.807, 2.05) is 0 Å². The number of rotatable bonds is 7. The van der Waals surface area contributed by atoms with Crippen LogP contribution < -0.4 is 16.8 Å². The Hall–Kier alpha value is -2.88. The number of nitrogens with two attached hydrogens (primary N) is 2. The standard InChI is InChI=1S/C19H24F2N6O2/c20-14-3-1-2-13(16(14)21)10-24-19-25-15(17(27(28)29)18(23)26-19)8-11-4-6-12(9-22)7-5-11/h1-3,11-12H,4-10,22H2,(H3,23,24,25,26). The first kappa shape index (κ1) is 20.8. The minimum Gasteiger partial charge on any atom is -0.378 e. The summed E-state index contributed by atoms with van der Waals surface area (Å²) in [4.78, 5) is 19.1. The molecule has 29 heavy (non-hydrogen) atoms. The molecule has 0 spiro atoms. The van der Waals surface area contributed by atoms with E-state index in [-0.39, 0.29) is 41.2 Å². The molecule has 8 nitrogen and oxygen atoms in total. The van der Waals surface area contributed by atoms with E-state index in [9.17, 15) is 18.9 Å². The van der Waals surface area contributed by atoms with E-state index in [1.54, 1.807) is 0 Å². The molecule has 1 fully saturated rings. The van der Waals surface area contributed by atoms with E-state index in [0.717, 1.165) is 31.7 Å². The quantitative estimate of drug-likeness (QED) is 0.475. The van der Waals surface area contributed by atoms with Crippen molar-refractivity contribution in [2.75, 3.05) is 17.6 Å². The zero-order valence-electron chi connectivity index (χ0n) is 15.9. The minimum atomic E-state index is -0.966. The summed E-state index contributed by atoms with van der Waals surface area (Å²) in [5, 5.41) is 14.3. The van der Waals surface area contributed by atoms with Gasteiger partial charge in [0.1, 0.15) is 5.69 Å². The Balaban J connectivity index is 1.78. The number of nitrogens with zero attached hydrogens (tertiary/aromatic N) is 3. The Labute approximate surface area is 166 Å². The van der Waals surface area contributed by atoms with Crippen LogP contribution in [0.5, 0.6) is 0 Å². The van der Waals surface area contributed by atoms with Crippen LogP contribution in [0.15, 0.2) is 18.2 Å². The molecule has 3 rings (SSSR count). The van der Waals surface area contributed by atoms with E-state index >= 15 is 0 Å². The molecule has 0 amide bonds. The second-order valence-electron chi connectivity index (χ2n) is 7.38. The summed E-state index contributed by atoms with van der Waals surface area (Å²) in [7, 11) is 0. The highest BCUT2D eigenvalue weighted by molar-refractivity contribution is 5.58. The van der Waals surface area contributed by atoms with E-state index in [2.05, 4.69) is 15.3 Å². The molecule has 0 bridgehead atoms. The van der Waals surface area contributed by atoms with Crippen molar-refractivity contribution in [3.8, 4) is 0 Å². The average Bonchev–Trinajstić information content (AvgIpc) is 2.69. The van der Waals surface area contributed by atoms with Crippen molar-refractivity contribution in [2.24, 2.45) is 17.6 Å². The topological polar surface area (TPSA) is 133 Å². The number of halogens is 2. The Kier molecular flexibility index (Phi) is 6.53. The van der Waals surface area contributed by atoms with Crippen molar-refractivity contribution in [2.45, 2.75) is 38.6 Å². The number of nitro groups is 1. The van der Waals surface area contributed by atoms with Crippen LogP contribution in [-0.4, -0.2) is 21.4 Å². The van der Waals surface area contributed by atoms with Crippen LogP contribution in [0.25, 0.3) is 0 Å². The third kappa shape index (κ3) is 4.94. The normalized spacial score (nSPS) is 19.1. The number of anilines is 2. The highest BCUT2D eigenvalue weighted by Gasteiger charge is 2.28. The van der Waals surface area contributed by atoms with Crippen LogP contribution in [0.4, 0.5) is 26.2 Å². The van der Waals surface area contributed by atoms with E-state index < -0.39 is 16.6 Å². The molecule has 1 aromatic carbocycles. The molecule has 1 heterocycles. The van der Waals surface area contributed by atoms with Crippen molar-refractivity contribution >= 4 is 17.5 Å². The van der Waals surface area contributed by atoms with Crippen LogP contribution in [0.2, 0.25) is 0 Å². The van der Waals surface area contributed by atoms with Gasteiger partial charge in [-0.15, -0.1) is 0 Å². The van der Waals surface area contributed by atoms with Crippen LogP contribution in [0.1, 0.15) is 36.9 Å². The highest BCUT2D eigenvalue weighted by atomic mass is 19.2. The highest BCUT2D eigenvalue weighted by Crippen LogP contribution is 2.34. The molecule has 1 aromatic heterocycles. The van der Waals surface area contributed by atoms with Gasteiger partial charge in [0.25, 0.3) is 0 Å². The molecule has 156 valence electrons. The van der Waals surface area contributed by atoms with Crippen LogP contribution >= 0.6 is 0 Å². The van der Waals surface area contributed by atoms with Crippen molar-refractivity contribution in [3.63, 3.8) is 0 Å². The summed E-state index contributed by atoms with van der Waals surface area (Å²) < 4.78 is 27.2. The van der Waals surface area contributed by atoms with Crippen molar-refractivity contribution in [1.29, 1.82) is 0 Å². The summed E-state index contributed by atoms with van der Waals surface area (Å²) in [6.45, 7) is 0.569. The molecule has 0 saturated heterocycles. The summed E-state index contributed by atoms with van der Waals surface area (Å²) in [5.74, 6) is -1.39. The number of benzene rings is 1. The first-order valence-electron chi connectivity index (χ1n) is 9.56. The molecule has 0 aliphatic heterocycles. The number of nitrogens with one attached hydrogen (secondary N) is 1. The Morgan fingerprint density at radius 1 is 1.17 bits per heavy atom. The second kappa shape index (κ2) is 9.08. The molecular formula is C19H24F2N6O2. The zero-order chi connectivity index (χ0) is 21.0. The third-order valence-electron chi connectivity index (χ3n) is 5.42. The minimum absolute atomic E-state index is 0.0439. The Morgan fingerprint density at radius 2 is 1.86 bits per heavy atom. The van der Waals surface area contributed by atoms with Gasteiger partial charge in [0.15, 0.2) is 11.6 Å². The third-order valence-corrected chi connectivity index (χ3v) is 5.42. The summed E-state index contributed by atoms with van der Waals surface area (Å²) in [6.07, 6.45) is 4.21. The van der Waals surface area contributed by atoms with E-state index in [0.29, 0.717) is 18.9 Å². The van der Waals surface area contributed by atoms with Gasteiger partial charge < -0.3 is 16.8 Å². The maximum atomic E-state index is 13.8. The van der Waals surface area contributed by atoms with Gasteiger partial charge in [-0.2, -0.15) is 4.98 Å². The lowest BCUT2D eigenvalue weighted by molar-refractivity contribution is -0.385.